The standard InChI is InChI=1S/C16H18F2N2O3/c1-22-10-6-11-14(12(7-10)23-2)15(21)20-13(19-11)5-9-3-4-16(17,18)8-9/h6-7,9H,3-5,8H2,1-2H3,(H,19,20,21). The normalized spacial score (nSPS) is 19.9. The highest BCUT2D eigenvalue weighted by atomic mass is 19.3. The summed E-state index contributed by atoms with van der Waals surface area (Å²) in [6.45, 7) is 0. The Kier molecular flexibility index (Phi) is 3.95. The molecule has 1 heterocycles. The largest absolute Gasteiger partial charge is 0.497 e. The van der Waals surface area contributed by atoms with Gasteiger partial charge in [-0.2, -0.15) is 0 Å². The van der Waals surface area contributed by atoms with E-state index in [1.54, 1.807) is 12.1 Å². The molecule has 1 aliphatic carbocycles. The van der Waals surface area contributed by atoms with E-state index in [2.05, 4.69) is 9.97 Å². The van der Waals surface area contributed by atoms with Crippen LogP contribution in [-0.4, -0.2) is 30.1 Å². The molecule has 1 unspecified atom stereocenters. The third-order valence-corrected chi connectivity index (χ3v) is 4.24. The minimum absolute atomic E-state index is 0.100. The van der Waals surface area contributed by atoms with Crippen LogP contribution >= 0.6 is 0 Å². The van der Waals surface area contributed by atoms with E-state index in [1.165, 1.54) is 14.2 Å². The average molecular weight is 324 g/mol. The molecule has 5 nitrogen and oxygen atoms in total. The molecule has 1 N–H and O–H groups in total. The predicted molar refractivity (Wildman–Crippen MR) is 81.5 cm³/mol. The third kappa shape index (κ3) is 3.13. The lowest BCUT2D eigenvalue weighted by Crippen LogP contribution is -2.16. The molecule has 1 saturated carbocycles. The van der Waals surface area contributed by atoms with Gasteiger partial charge in [0.05, 0.1) is 19.7 Å². The first-order valence-electron chi connectivity index (χ1n) is 7.44. The minimum Gasteiger partial charge on any atom is -0.497 e. The van der Waals surface area contributed by atoms with Crippen molar-refractivity contribution in [3.8, 4) is 11.5 Å². The van der Waals surface area contributed by atoms with E-state index < -0.39 is 5.92 Å². The van der Waals surface area contributed by atoms with E-state index in [-0.39, 0.29) is 24.3 Å². The van der Waals surface area contributed by atoms with Gasteiger partial charge in [-0.25, -0.2) is 13.8 Å². The maximum atomic E-state index is 13.3. The van der Waals surface area contributed by atoms with Gasteiger partial charge in [-0.05, 0) is 12.3 Å². The van der Waals surface area contributed by atoms with Crippen molar-refractivity contribution < 1.29 is 18.3 Å². The molecule has 0 spiro atoms. The van der Waals surface area contributed by atoms with Crippen molar-refractivity contribution in [2.75, 3.05) is 14.2 Å². The van der Waals surface area contributed by atoms with E-state index in [0.29, 0.717) is 41.1 Å². The first kappa shape index (κ1) is 15.7. The Balaban J connectivity index is 1.99. The molecule has 2 aromatic rings. The number of methoxy groups -OCH3 is 2. The monoisotopic (exact) mass is 324 g/mol. The predicted octanol–water partition coefficient (Wildman–Crippen LogP) is 2.92. The van der Waals surface area contributed by atoms with Crippen molar-refractivity contribution in [1.82, 2.24) is 9.97 Å². The molecule has 3 rings (SSSR count). The lowest BCUT2D eigenvalue weighted by atomic mass is 10.0. The summed E-state index contributed by atoms with van der Waals surface area (Å²) in [5.74, 6) is -1.47. The number of rotatable bonds is 4. The molecule has 0 amide bonds. The lowest BCUT2D eigenvalue weighted by molar-refractivity contribution is 0.00502. The molecule has 1 atom stereocenters. The first-order valence-corrected chi connectivity index (χ1v) is 7.44. The Hall–Kier alpha value is -2.18. The van der Waals surface area contributed by atoms with Gasteiger partial charge < -0.3 is 14.5 Å². The zero-order chi connectivity index (χ0) is 16.6. The van der Waals surface area contributed by atoms with Gasteiger partial charge in [-0.1, -0.05) is 0 Å². The van der Waals surface area contributed by atoms with Crippen molar-refractivity contribution in [1.29, 1.82) is 0 Å². The molecular formula is C16H18F2N2O3. The summed E-state index contributed by atoms with van der Waals surface area (Å²) >= 11 is 0. The van der Waals surface area contributed by atoms with Gasteiger partial charge >= 0.3 is 0 Å². The number of hydrogen-bond donors (Lipinski definition) is 1. The quantitative estimate of drug-likeness (QED) is 0.939. The van der Waals surface area contributed by atoms with Gasteiger partial charge in [0.25, 0.3) is 5.56 Å². The number of halogens is 2. The number of nitrogens with one attached hydrogen (secondary N) is 1. The van der Waals surface area contributed by atoms with Crippen LogP contribution in [0.5, 0.6) is 11.5 Å². The minimum atomic E-state index is -2.60. The lowest BCUT2D eigenvalue weighted by Gasteiger charge is -2.12. The van der Waals surface area contributed by atoms with E-state index in [1.807, 2.05) is 0 Å². The Morgan fingerprint density at radius 2 is 2.13 bits per heavy atom. The maximum absolute atomic E-state index is 13.3. The Bertz CT molecular complexity index is 789. The Morgan fingerprint density at radius 1 is 1.35 bits per heavy atom. The van der Waals surface area contributed by atoms with Crippen LogP contribution in [-0.2, 0) is 6.42 Å². The number of fused-ring (bicyclic) bond motifs is 1. The maximum Gasteiger partial charge on any atom is 0.262 e. The summed E-state index contributed by atoms with van der Waals surface area (Å²) in [5, 5.41) is 0.328. The van der Waals surface area contributed by atoms with Gasteiger partial charge in [0.1, 0.15) is 22.7 Å². The van der Waals surface area contributed by atoms with Crippen molar-refractivity contribution in [3.05, 3.63) is 28.3 Å². The second-order valence-electron chi connectivity index (χ2n) is 5.91. The molecule has 1 aromatic heterocycles. The van der Waals surface area contributed by atoms with Crippen molar-refractivity contribution in [2.45, 2.75) is 31.6 Å². The summed E-state index contributed by atoms with van der Waals surface area (Å²) in [6.07, 6.45) is 0.518. The molecular weight excluding hydrogens is 306 g/mol. The van der Waals surface area contributed by atoms with Gasteiger partial charge in [0, 0.05) is 31.4 Å². The van der Waals surface area contributed by atoms with Crippen LogP contribution in [0.15, 0.2) is 16.9 Å². The average Bonchev–Trinajstić information content (AvgIpc) is 2.84. The zero-order valence-corrected chi connectivity index (χ0v) is 13.0. The first-order chi connectivity index (χ1) is 10.9. The second-order valence-corrected chi connectivity index (χ2v) is 5.91. The molecule has 0 bridgehead atoms. The Labute approximate surface area is 131 Å². The zero-order valence-electron chi connectivity index (χ0n) is 13.0. The number of ether oxygens (including phenoxy) is 2. The molecule has 1 aliphatic rings. The third-order valence-electron chi connectivity index (χ3n) is 4.24. The van der Waals surface area contributed by atoms with Crippen molar-refractivity contribution in [2.24, 2.45) is 5.92 Å². The molecule has 1 fully saturated rings. The second kappa shape index (κ2) is 5.79. The fourth-order valence-electron chi connectivity index (χ4n) is 3.12. The van der Waals surface area contributed by atoms with Crippen LogP contribution in [0.3, 0.4) is 0 Å². The van der Waals surface area contributed by atoms with E-state index in [4.69, 9.17) is 9.47 Å². The van der Waals surface area contributed by atoms with Gasteiger partial charge in [0.15, 0.2) is 0 Å². The van der Waals surface area contributed by atoms with Gasteiger partial charge in [-0.3, -0.25) is 4.79 Å². The molecule has 7 heteroatoms. The van der Waals surface area contributed by atoms with Crippen LogP contribution in [0.4, 0.5) is 8.78 Å². The molecule has 0 radical (unpaired) electrons. The van der Waals surface area contributed by atoms with Crippen LogP contribution in [0.2, 0.25) is 0 Å². The molecule has 0 saturated heterocycles. The number of aromatic nitrogens is 2. The summed E-state index contributed by atoms with van der Waals surface area (Å²) in [5.41, 5.74) is 0.0963. The van der Waals surface area contributed by atoms with Gasteiger partial charge in [0.2, 0.25) is 5.92 Å². The number of alkyl halides is 2. The van der Waals surface area contributed by atoms with Crippen molar-refractivity contribution >= 4 is 10.9 Å². The molecule has 124 valence electrons. The summed E-state index contributed by atoms with van der Waals surface area (Å²) in [6, 6.07) is 3.25. The highest BCUT2D eigenvalue weighted by Gasteiger charge is 2.39. The summed E-state index contributed by atoms with van der Waals surface area (Å²) in [4.78, 5) is 19.4. The van der Waals surface area contributed by atoms with Crippen molar-refractivity contribution in [3.63, 3.8) is 0 Å². The highest BCUT2D eigenvalue weighted by Crippen LogP contribution is 2.40. The Morgan fingerprint density at radius 3 is 2.74 bits per heavy atom. The fourth-order valence-corrected chi connectivity index (χ4v) is 3.12. The van der Waals surface area contributed by atoms with E-state index >= 15 is 0 Å². The SMILES string of the molecule is COc1cc(OC)c2c(=O)[nH]c(CC3CCC(F)(F)C3)nc2c1. The fraction of sp³-hybridized carbons (Fsp3) is 0.500. The van der Waals surface area contributed by atoms with Crippen LogP contribution in [0.1, 0.15) is 25.1 Å². The van der Waals surface area contributed by atoms with Gasteiger partial charge in [-0.15, -0.1) is 0 Å². The number of nitrogens with zero attached hydrogens (tertiary/aromatic N) is 1. The number of H-pyrrole nitrogens is 1. The van der Waals surface area contributed by atoms with Crippen LogP contribution in [0.25, 0.3) is 10.9 Å². The summed E-state index contributed by atoms with van der Waals surface area (Å²) < 4.78 is 37.0. The number of hydrogen-bond acceptors (Lipinski definition) is 4. The molecule has 1 aromatic carbocycles. The van der Waals surface area contributed by atoms with E-state index in [9.17, 15) is 13.6 Å². The van der Waals surface area contributed by atoms with Crippen LogP contribution in [0, 0.1) is 5.92 Å². The topological polar surface area (TPSA) is 64.2 Å². The highest BCUT2D eigenvalue weighted by molar-refractivity contribution is 5.85. The molecule has 23 heavy (non-hydrogen) atoms. The smallest absolute Gasteiger partial charge is 0.262 e. The number of benzene rings is 1. The van der Waals surface area contributed by atoms with E-state index in [0.717, 1.165) is 0 Å². The number of aromatic amines is 1. The summed E-state index contributed by atoms with van der Waals surface area (Å²) in [7, 11) is 2.97. The molecule has 0 aliphatic heterocycles. The van der Waals surface area contributed by atoms with Crippen LogP contribution < -0.4 is 15.0 Å².